The minimum Gasteiger partial charge on any atom is -0.480 e. The third kappa shape index (κ3) is 3.98. The van der Waals surface area contributed by atoms with Crippen LogP contribution in [0.15, 0.2) is 24.3 Å². The third-order valence-corrected chi connectivity index (χ3v) is 3.48. The second kappa shape index (κ2) is 6.93. The number of hydrogen-bond acceptors (Lipinski definition) is 2. The maximum Gasteiger partial charge on any atom is 0.326 e. The monoisotopic (exact) mass is 278 g/mol. The highest BCUT2D eigenvalue weighted by atomic mass is 16.4. The van der Waals surface area contributed by atoms with Crippen LogP contribution in [0.3, 0.4) is 0 Å². The molecule has 1 rings (SSSR count). The SMILES string of the molecule is CCC(C)C(NC(=O)N(C)c1ccc(C)cc1)C(=O)O. The summed E-state index contributed by atoms with van der Waals surface area (Å²) in [6.07, 6.45) is 0.686. The van der Waals surface area contributed by atoms with E-state index in [1.54, 1.807) is 7.05 Å². The van der Waals surface area contributed by atoms with Crippen molar-refractivity contribution in [1.29, 1.82) is 0 Å². The second-order valence-corrected chi connectivity index (χ2v) is 5.05. The molecule has 0 radical (unpaired) electrons. The van der Waals surface area contributed by atoms with Gasteiger partial charge in [-0.3, -0.25) is 4.90 Å². The number of aryl methyl sites for hydroxylation is 1. The zero-order valence-corrected chi connectivity index (χ0v) is 12.4. The number of aliphatic carboxylic acids is 1. The van der Waals surface area contributed by atoms with E-state index in [9.17, 15) is 14.7 Å². The van der Waals surface area contributed by atoms with Crippen LogP contribution in [-0.4, -0.2) is 30.2 Å². The van der Waals surface area contributed by atoms with Gasteiger partial charge < -0.3 is 10.4 Å². The molecule has 0 bridgehead atoms. The Morgan fingerprint density at radius 3 is 2.30 bits per heavy atom. The minimum atomic E-state index is -1.01. The van der Waals surface area contributed by atoms with Crippen LogP contribution in [0.4, 0.5) is 10.5 Å². The first-order chi connectivity index (χ1) is 9.36. The summed E-state index contributed by atoms with van der Waals surface area (Å²) in [6.45, 7) is 5.68. The van der Waals surface area contributed by atoms with Crippen LogP contribution in [0.2, 0.25) is 0 Å². The average Bonchev–Trinajstić information content (AvgIpc) is 2.43. The molecule has 0 fully saturated rings. The van der Waals surface area contributed by atoms with E-state index in [-0.39, 0.29) is 5.92 Å². The molecule has 0 spiro atoms. The summed E-state index contributed by atoms with van der Waals surface area (Å²) < 4.78 is 0. The molecule has 0 aliphatic rings. The Bertz CT molecular complexity index is 471. The van der Waals surface area contributed by atoms with Crippen LogP contribution in [0.25, 0.3) is 0 Å². The number of amides is 2. The van der Waals surface area contributed by atoms with Gasteiger partial charge >= 0.3 is 12.0 Å². The Hall–Kier alpha value is -2.04. The maximum atomic E-state index is 12.1. The van der Waals surface area contributed by atoms with Crippen LogP contribution in [-0.2, 0) is 4.79 Å². The summed E-state index contributed by atoms with van der Waals surface area (Å²) in [5.41, 5.74) is 1.83. The van der Waals surface area contributed by atoms with E-state index in [2.05, 4.69) is 5.32 Å². The Labute approximate surface area is 119 Å². The van der Waals surface area contributed by atoms with Gasteiger partial charge in [0.1, 0.15) is 6.04 Å². The summed E-state index contributed by atoms with van der Waals surface area (Å²) in [4.78, 5) is 24.7. The molecule has 0 aromatic heterocycles. The zero-order valence-electron chi connectivity index (χ0n) is 12.4. The number of nitrogens with zero attached hydrogens (tertiary/aromatic N) is 1. The van der Waals surface area contributed by atoms with Gasteiger partial charge in [-0.15, -0.1) is 0 Å². The lowest BCUT2D eigenvalue weighted by Gasteiger charge is -2.24. The van der Waals surface area contributed by atoms with Crippen molar-refractivity contribution in [2.75, 3.05) is 11.9 Å². The topological polar surface area (TPSA) is 69.6 Å². The Morgan fingerprint density at radius 1 is 1.30 bits per heavy atom. The first kappa shape index (κ1) is 16.0. The van der Waals surface area contributed by atoms with Gasteiger partial charge in [-0.2, -0.15) is 0 Å². The predicted octanol–water partition coefficient (Wildman–Crippen LogP) is 2.64. The molecule has 2 N–H and O–H groups in total. The van der Waals surface area contributed by atoms with E-state index in [0.29, 0.717) is 6.42 Å². The highest BCUT2D eigenvalue weighted by Gasteiger charge is 2.26. The molecule has 5 nitrogen and oxygen atoms in total. The average molecular weight is 278 g/mol. The molecular weight excluding hydrogens is 256 g/mol. The second-order valence-electron chi connectivity index (χ2n) is 5.05. The Morgan fingerprint density at radius 2 is 1.85 bits per heavy atom. The number of anilines is 1. The molecule has 0 aliphatic heterocycles. The lowest BCUT2D eigenvalue weighted by Crippen LogP contribution is -2.49. The van der Waals surface area contributed by atoms with Crippen molar-refractivity contribution in [3.05, 3.63) is 29.8 Å². The van der Waals surface area contributed by atoms with Crippen LogP contribution < -0.4 is 10.2 Å². The summed E-state index contributed by atoms with van der Waals surface area (Å²) in [7, 11) is 1.62. The predicted molar refractivity (Wildman–Crippen MR) is 79.0 cm³/mol. The Balaban J connectivity index is 2.78. The van der Waals surface area contributed by atoms with Gasteiger partial charge in [0.15, 0.2) is 0 Å². The highest BCUT2D eigenvalue weighted by molar-refractivity contribution is 5.94. The number of carboxylic acid groups (broad SMARTS) is 1. The highest BCUT2D eigenvalue weighted by Crippen LogP contribution is 2.14. The lowest BCUT2D eigenvalue weighted by molar-refractivity contribution is -0.140. The smallest absolute Gasteiger partial charge is 0.326 e. The number of hydrogen-bond donors (Lipinski definition) is 2. The van der Waals surface area contributed by atoms with Gasteiger partial charge in [-0.1, -0.05) is 38.0 Å². The third-order valence-electron chi connectivity index (χ3n) is 3.48. The molecule has 0 heterocycles. The maximum absolute atomic E-state index is 12.1. The zero-order chi connectivity index (χ0) is 15.3. The summed E-state index contributed by atoms with van der Waals surface area (Å²) in [5, 5.41) is 11.7. The molecule has 2 amide bonds. The number of carboxylic acids is 1. The standard InChI is InChI=1S/C15H22N2O3/c1-5-11(3)13(14(18)19)16-15(20)17(4)12-8-6-10(2)7-9-12/h6-9,11,13H,5H2,1-4H3,(H,16,20)(H,18,19). The quantitative estimate of drug-likeness (QED) is 0.870. The van der Waals surface area contributed by atoms with Crippen molar-refractivity contribution in [1.82, 2.24) is 5.32 Å². The van der Waals surface area contributed by atoms with Crippen molar-refractivity contribution in [3.8, 4) is 0 Å². The van der Waals surface area contributed by atoms with Crippen molar-refractivity contribution in [3.63, 3.8) is 0 Å². The minimum absolute atomic E-state index is 0.122. The van der Waals surface area contributed by atoms with E-state index in [4.69, 9.17) is 0 Å². The van der Waals surface area contributed by atoms with Crippen molar-refractivity contribution in [2.45, 2.75) is 33.2 Å². The van der Waals surface area contributed by atoms with E-state index < -0.39 is 18.0 Å². The number of carbonyl (C=O) groups excluding carboxylic acids is 1. The van der Waals surface area contributed by atoms with Gasteiger partial charge in [-0.05, 0) is 25.0 Å². The molecule has 0 aliphatic carbocycles. The van der Waals surface area contributed by atoms with Crippen LogP contribution >= 0.6 is 0 Å². The first-order valence-electron chi connectivity index (χ1n) is 6.70. The normalized spacial score (nSPS) is 13.4. The molecule has 2 atom stereocenters. The lowest BCUT2D eigenvalue weighted by atomic mass is 9.99. The molecule has 20 heavy (non-hydrogen) atoms. The Kier molecular flexibility index (Phi) is 5.55. The summed E-state index contributed by atoms with van der Waals surface area (Å²) in [5.74, 6) is -1.13. The molecule has 1 aromatic rings. The van der Waals surface area contributed by atoms with E-state index in [0.717, 1.165) is 11.3 Å². The molecule has 0 saturated carbocycles. The van der Waals surface area contributed by atoms with E-state index in [1.165, 1.54) is 4.90 Å². The van der Waals surface area contributed by atoms with E-state index in [1.807, 2.05) is 45.0 Å². The fourth-order valence-electron chi connectivity index (χ4n) is 1.80. The van der Waals surface area contributed by atoms with Gasteiger partial charge in [-0.25, -0.2) is 9.59 Å². The number of rotatable bonds is 5. The fraction of sp³-hybridized carbons (Fsp3) is 0.467. The number of urea groups is 1. The molecule has 0 saturated heterocycles. The van der Waals surface area contributed by atoms with Crippen molar-refractivity contribution >= 4 is 17.7 Å². The van der Waals surface area contributed by atoms with Crippen LogP contribution in [0.1, 0.15) is 25.8 Å². The largest absolute Gasteiger partial charge is 0.480 e. The molecule has 1 aromatic carbocycles. The van der Waals surface area contributed by atoms with Gasteiger partial charge in [0.25, 0.3) is 0 Å². The van der Waals surface area contributed by atoms with Gasteiger partial charge in [0.2, 0.25) is 0 Å². The van der Waals surface area contributed by atoms with E-state index >= 15 is 0 Å². The first-order valence-corrected chi connectivity index (χ1v) is 6.70. The van der Waals surface area contributed by atoms with Gasteiger partial charge in [0.05, 0.1) is 0 Å². The molecule has 2 unspecified atom stereocenters. The van der Waals surface area contributed by atoms with Crippen molar-refractivity contribution < 1.29 is 14.7 Å². The van der Waals surface area contributed by atoms with Crippen LogP contribution in [0.5, 0.6) is 0 Å². The summed E-state index contributed by atoms with van der Waals surface area (Å²) in [6, 6.07) is 6.18. The fourth-order valence-corrected chi connectivity index (χ4v) is 1.80. The summed E-state index contributed by atoms with van der Waals surface area (Å²) >= 11 is 0. The number of benzene rings is 1. The molecule has 110 valence electrons. The molecular formula is C15H22N2O3. The van der Waals surface area contributed by atoms with Crippen LogP contribution in [0, 0.1) is 12.8 Å². The van der Waals surface area contributed by atoms with Gasteiger partial charge in [0, 0.05) is 12.7 Å². The van der Waals surface area contributed by atoms with Crippen molar-refractivity contribution in [2.24, 2.45) is 5.92 Å². The number of carbonyl (C=O) groups is 2. The number of nitrogens with one attached hydrogen (secondary N) is 1. The molecule has 5 heteroatoms.